The first kappa shape index (κ1) is 12.1. The minimum atomic E-state index is 0.225. The van der Waals surface area contributed by atoms with Crippen molar-refractivity contribution in [1.82, 2.24) is 9.97 Å². The molecule has 0 aliphatic rings. The lowest BCUT2D eigenvalue weighted by molar-refractivity contribution is 0.282. The van der Waals surface area contributed by atoms with Crippen LogP contribution in [0.15, 0.2) is 24.3 Å². The minimum absolute atomic E-state index is 0.225. The fourth-order valence-electron chi connectivity index (χ4n) is 1.52. The van der Waals surface area contributed by atoms with E-state index in [0.717, 1.165) is 17.3 Å². The number of benzene rings is 1. The molecule has 3 nitrogen and oxygen atoms in total. The maximum Gasteiger partial charge on any atom is 0.226 e. The highest BCUT2D eigenvalue weighted by atomic mass is 35.5. The third-order valence-electron chi connectivity index (χ3n) is 2.47. The van der Waals surface area contributed by atoms with Crippen LogP contribution in [0.25, 0.3) is 10.9 Å². The molecule has 0 fully saturated rings. The van der Waals surface area contributed by atoms with Crippen LogP contribution in [0.4, 0.5) is 0 Å². The summed E-state index contributed by atoms with van der Waals surface area (Å²) in [5.74, 6) is 1.18. The molecule has 0 saturated carbocycles. The smallest absolute Gasteiger partial charge is 0.226 e. The third kappa shape index (κ3) is 3.07. The monoisotopic (exact) mass is 250 g/mol. The first-order valence-electron chi connectivity index (χ1n) is 5.72. The quantitative estimate of drug-likeness (QED) is 0.776. The summed E-state index contributed by atoms with van der Waals surface area (Å²) >= 11 is 5.86. The molecule has 2 aromatic rings. The van der Waals surface area contributed by atoms with Crippen LogP contribution in [0.1, 0.15) is 20.3 Å². The van der Waals surface area contributed by atoms with Crippen LogP contribution >= 0.6 is 11.6 Å². The van der Waals surface area contributed by atoms with E-state index in [1.165, 1.54) is 0 Å². The van der Waals surface area contributed by atoms with Gasteiger partial charge in [0.15, 0.2) is 0 Å². The number of ether oxygens (including phenoxy) is 1. The van der Waals surface area contributed by atoms with E-state index in [0.29, 0.717) is 18.4 Å². The number of rotatable bonds is 4. The topological polar surface area (TPSA) is 35.0 Å². The molecule has 0 radical (unpaired) electrons. The zero-order valence-corrected chi connectivity index (χ0v) is 10.7. The number of hydrogen-bond acceptors (Lipinski definition) is 3. The Morgan fingerprint density at radius 3 is 2.76 bits per heavy atom. The standard InChI is InChI=1S/C13H15ClN2O/c1-9(2)7-8-17-12-10-5-3-4-6-11(10)15-13(14)16-12/h3-6,9H,7-8H2,1-2H3. The van der Waals surface area contributed by atoms with Gasteiger partial charge in [0.1, 0.15) is 0 Å². The van der Waals surface area contributed by atoms with Crippen molar-refractivity contribution < 1.29 is 4.74 Å². The molecule has 17 heavy (non-hydrogen) atoms. The Labute approximate surface area is 106 Å². The zero-order valence-electron chi connectivity index (χ0n) is 9.98. The summed E-state index contributed by atoms with van der Waals surface area (Å²) in [6, 6.07) is 7.70. The van der Waals surface area contributed by atoms with Crippen LogP contribution in [0.2, 0.25) is 5.28 Å². The van der Waals surface area contributed by atoms with Crippen molar-refractivity contribution in [2.45, 2.75) is 20.3 Å². The van der Waals surface area contributed by atoms with Crippen molar-refractivity contribution in [3.8, 4) is 5.88 Å². The molecular formula is C13H15ClN2O. The molecule has 2 rings (SSSR count). The number of hydrogen-bond donors (Lipinski definition) is 0. The molecule has 90 valence electrons. The number of para-hydroxylation sites is 1. The van der Waals surface area contributed by atoms with Crippen LogP contribution in [0.3, 0.4) is 0 Å². The third-order valence-corrected chi connectivity index (χ3v) is 2.64. The fourth-order valence-corrected chi connectivity index (χ4v) is 1.69. The van der Waals surface area contributed by atoms with Crippen LogP contribution in [-0.4, -0.2) is 16.6 Å². The van der Waals surface area contributed by atoms with Crippen molar-refractivity contribution in [2.24, 2.45) is 5.92 Å². The maximum absolute atomic E-state index is 5.86. The molecule has 1 aromatic carbocycles. The van der Waals surface area contributed by atoms with E-state index in [4.69, 9.17) is 16.3 Å². The second-order valence-corrected chi connectivity index (χ2v) is 4.68. The van der Waals surface area contributed by atoms with Crippen LogP contribution < -0.4 is 4.74 Å². The largest absolute Gasteiger partial charge is 0.477 e. The molecule has 0 N–H and O–H groups in total. The van der Waals surface area contributed by atoms with Gasteiger partial charge in [0.05, 0.1) is 17.5 Å². The molecule has 0 unspecified atom stereocenters. The van der Waals surface area contributed by atoms with Crippen molar-refractivity contribution >= 4 is 22.5 Å². The Hall–Kier alpha value is -1.35. The number of aromatic nitrogens is 2. The summed E-state index contributed by atoms with van der Waals surface area (Å²) in [7, 11) is 0. The van der Waals surface area contributed by atoms with Gasteiger partial charge in [0.25, 0.3) is 0 Å². The Balaban J connectivity index is 2.26. The first-order chi connectivity index (χ1) is 8.16. The van der Waals surface area contributed by atoms with Gasteiger partial charge < -0.3 is 4.74 Å². The molecule has 0 spiro atoms. The van der Waals surface area contributed by atoms with E-state index in [1.807, 2.05) is 24.3 Å². The highest BCUT2D eigenvalue weighted by Crippen LogP contribution is 2.23. The molecule has 0 amide bonds. The van der Waals surface area contributed by atoms with E-state index in [-0.39, 0.29) is 5.28 Å². The van der Waals surface area contributed by atoms with Gasteiger partial charge >= 0.3 is 0 Å². The maximum atomic E-state index is 5.86. The van der Waals surface area contributed by atoms with Gasteiger partial charge in [-0.25, -0.2) is 4.98 Å². The van der Waals surface area contributed by atoms with Gasteiger partial charge in [-0.2, -0.15) is 4.98 Å². The summed E-state index contributed by atoms with van der Waals surface area (Å²) in [6.07, 6.45) is 0.996. The second kappa shape index (κ2) is 5.32. The van der Waals surface area contributed by atoms with Gasteiger partial charge in [0, 0.05) is 0 Å². The summed E-state index contributed by atoms with van der Waals surface area (Å²) in [5, 5.41) is 1.13. The van der Waals surface area contributed by atoms with E-state index in [2.05, 4.69) is 23.8 Å². The molecule has 0 aliphatic carbocycles. The Morgan fingerprint density at radius 1 is 1.24 bits per heavy atom. The van der Waals surface area contributed by atoms with Crippen LogP contribution in [0.5, 0.6) is 5.88 Å². The molecule has 0 aliphatic heterocycles. The Morgan fingerprint density at radius 2 is 2.00 bits per heavy atom. The van der Waals surface area contributed by atoms with Gasteiger partial charge in [-0.15, -0.1) is 0 Å². The number of halogens is 1. The lowest BCUT2D eigenvalue weighted by Crippen LogP contribution is -2.03. The van der Waals surface area contributed by atoms with Gasteiger partial charge in [-0.05, 0) is 36.1 Å². The highest BCUT2D eigenvalue weighted by molar-refractivity contribution is 6.28. The molecule has 0 atom stereocenters. The van der Waals surface area contributed by atoms with Crippen molar-refractivity contribution in [3.05, 3.63) is 29.5 Å². The van der Waals surface area contributed by atoms with Crippen molar-refractivity contribution in [3.63, 3.8) is 0 Å². The van der Waals surface area contributed by atoms with Gasteiger partial charge in [-0.3, -0.25) is 0 Å². The summed E-state index contributed by atoms with van der Waals surface area (Å²) in [5.41, 5.74) is 0.812. The Kier molecular flexibility index (Phi) is 3.79. The SMILES string of the molecule is CC(C)CCOc1nc(Cl)nc2ccccc12. The molecule has 4 heteroatoms. The van der Waals surface area contributed by atoms with E-state index >= 15 is 0 Å². The van der Waals surface area contributed by atoms with E-state index in [1.54, 1.807) is 0 Å². The Bertz CT molecular complexity index is 514. The average molecular weight is 251 g/mol. The highest BCUT2D eigenvalue weighted by Gasteiger charge is 2.07. The lowest BCUT2D eigenvalue weighted by Gasteiger charge is -2.09. The molecule has 0 saturated heterocycles. The zero-order chi connectivity index (χ0) is 12.3. The molecule has 0 bridgehead atoms. The van der Waals surface area contributed by atoms with Gasteiger partial charge in [-0.1, -0.05) is 26.0 Å². The predicted molar refractivity (Wildman–Crippen MR) is 69.5 cm³/mol. The predicted octanol–water partition coefficient (Wildman–Crippen LogP) is 3.71. The second-order valence-electron chi connectivity index (χ2n) is 4.35. The van der Waals surface area contributed by atoms with Crippen molar-refractivity contribution in [2.75, 3.05) is 6.61 Å². The normalized spacial score (nSPS) is 11.1. The molecular weight excluding hydrogens is 236 g/mol. The van der Waals surface area contributed by atoms with Crippen molar-refractivity contribution in [1.29, 1.82) is 0 Å². The summed E-state index contributed by atoms with van der Waals surface area (Å²) < 4.78 is 5.68. The van der Waals surface area contributed by atoms with E-state index in [9.17, 15) is 0 Å². The molecule has 1 aromatic heterocycles. The number of fused-ring (bicyclic) bond motifs is 1. The lowest BCUT2D eigenvalue weighted by atomic mass is 10.1. The van der Waals surface area contributed by atoms with Gasteiger partial charge in [0.2, 0.25) is 11.2 Å². The molecule has 1 heterocycles. The average Bonchev–Trinajstić information content (AvgIpc) is 2.28. The summed E-state index contributed by atoms with van der Waals surface area (Å²) in [4.78, 5) is 8.28. The minimum Gasteiger partial charge on any atom is -0.477 e. The number of nitrogens with zero attached hydrogens (tertiary/aromatic N) is 2. The van der Waals surface area contributed by atoms with Crippen LogP contribution in [-0.2, 0) is 0 Å². The first-order valence-corrected chi connectivity index (χ1v) is 6.09. The fraction of sp³-hybridized carbons (Fsp3) is 0.385. The van der Waals surface area contributed by atoms with Crippen LogP contribution in [0, 0.1) is 5.92 Å². The summed E-state index contributed by atoms with van der Waals surface area (Å²) in [6.45, 7) is 4.97. The van der Waals surface area contributed by atoms with E-state index < -0.39 is 0 Å².